The predicted molar refractivity (Wildman–Crippen MR) is 60.9 cm³/mol. The monoisotopic (exact) mass is 293 g/mol. The molecule has 1 N–H and O–H groups in total. The maximum absolute atomic E-state index is 12.8. The fraction of sp³-hybridized carbons (Fsp3) is 0.455. The minimum Gasteiger partial charge on any atom is -0.481 e. The lowest BCUT2D eigenvalue weighted by Gasteiger charge is -2.18. The van der Waals surface area contributed by atoms with E-state index in [0.717, 1.165) is 16.2 Å². The Morgan fingerprint density at radius 1 is 1.37 bits per heavy atom. The highest BCUT2D eigenvalue weighted by Crippen LogP contribution is 2.38. The van der Waals surface area contributed by atoms with E-state index in [4.69, 9.17) is 5.11 Å². The molecule has 0 bridgehead atoms. The molecular formula is C11H10F3NO3S. The van der Waals surface area contributed by atoms with Crippen molar-refractivity contribution in [1.82, 2.24) is 4.90 Å². The molecule has 104 valence electrons. The van der Waals surface area contributed by atoms with Gasteiger partial charge in [-0.2, -0.15) is 13.2 Å². The first-order chi connectivity index (χ1) is 8.80. The first kappa shape index (κ1) is 13.9. The van der Waals surface area contributed by atoms with E-state index in [1.807, 2.05) is 0 Å². The Balaban J connectivity index is 2.19. The fourth-order valence-electron chi connectivity index (χ4n) is 2.11. The first-order valence-corrected chi connectivity index (χ1v) is 6.31. The van der Waals surface area contributed by atoms with Crippen molar-refractivity contribution in [2.75, 3.05) is 13.1 Å². The van der Waals surface area contributed by atoms with Crippen LogP contribution in [0.1, 0.15) is 9.67 Å². The van der Waals surface area contributed by atoms with Gasteiger partial charge in [-0.05, 0) is 11.4 Å². The molecule has 0 spiro atoms. The summed E-state index contributed by atoms with van der Waals surface area (Å²) < 4.78 is 38.3. The van der Waals surface area contributed by atoms with Gasteiger partial charge in [0.25, 0.3) is 5.91 Å². The van der Waals surface area contributed by atoms with Crippen LogP contribution in [0, 0.1) is 11.8 Å². The number of likely N-dealkylation sites (tertiary alicyclic amines) is 1. The average molecular weight is 293 g/mol. The van der Waals surface area contributed by atoms with Crippen molar-refractivity contribution in [3.8, 4) is 0 Å². The Labute approximate surface area is 110 Å². The van der Waals surface area contributed by atoms with E-state index >= 15 is 0 Å². The van der Waals surface area contributed by atoms with Crippen molar-refractivity contribution < 1.29 is 27.9 Å². The maximum Gasteiger partial charge on any atom is 0.394 e. The van der Waals surface area contributed by atoms with Gasteiger partial charge in [0.05, 0.1) is 16.7 Å². The molecule has 8 heteroatoms. The summed E-state index contributed by atoms with van der Waals surface area (Å²) in [5, 5.41) is 10.5. The number of aliphatic carboxylic acids is 1. The molecule has 0 radical (unpaired) electrons. The molecule has 0 saturated carbocycles. The first-order valence-electron chi connectivity index (χ1n) is 5.43. The summed E-state index contributed by atoms with van der Waals surface area (Å²) in [4.78, 5) is 24.1. The number of thiophene rings is 1. The van der Waals surface area contributed by atoms with E-state index < -0.39 is 43.0 Å². The normalized spacial score (nSPS) is 23.6. The van der Waals surface area contributed by atoms with Gasteiger partial charge in [0.1, 0.15) is 0 Å². The van der Waals surface area contributed by atoms with Crippen LogP contribution < -0.4 is 0 Å². The van der Waals surface area contributed by atoms with Gasteiger partial charge in [0, 0.05) is 13.1 Å². The third-order valence-corrected chi connectivity index (χ3v) is 3.93. The van der Waals surface area contributed by atoms with Crippen LogP contribution in [0.15, 0.2) is 17.5 Å². The molecule has 1 fully saturated rings. The Bertz CT molecular complexity index is 486. The summed E-state index contributed by atoms with van der Waals surface area (Å²) in [5.74, 6) is -5.67. The molecule has 1 saturated heterocycles. The van der Waals surface area contributed by atoms with Crippen LogP contribution in [0.2, 0.25) is 0 Å². The maximum atomic E-state index is 12.8. The van der Waals surface area contributed by atoms with Crippen LogP contribution in [0.25, 0.3) is 0 Å². The smallest absolute Gasteiger partial charge is 0.394 e. The molecule has 2 heterocycles. The van der Waals surface area contributed by atoms with Crippen molar-refractivity contribution in [2.45, 2.75) is 6.18 Å². The number of amides is 1. The zero-order valence-corrected chi connectivity index (χ0v) is 10.4. The molecule has 19 heavy (non-hydrogen) atoms. The number of carboxylic acids is 1. The second kappa shape index (κ2) is 4.84. The van der Waals surface area contributed by atoms with Crippen LogP contribution in [-0.4, -0.2) is 41.1 Å². The Kier molecular flexibility index (Phi) is 3.53. The minimum atomic E-state index is -4.62. The number of alkyl halides is 3. The number of nitrogens with zero attached hydrogens (tertiary/aromatic N) is 1. The zero-order chi connectivity index (χ0) is 14.2. The minimum absolute atomic E-state index is 0.312. The quantitative estimate of drug-likeness (QED) is 0.908. The number of hydrogen-bond donors (Lipinski definition) is 1. The number of hydrogen-bond acceptors (Lipinski definition) is 3. The Morgan fingerprint density at radius 3 is 2.47 bits per heavy atom. The Morgan fingerprint density at radius 2 is 2.05 bits per heavy atom. The molecule has 4 nitrogen and oxygen atoms in total. The number of rotatable bonds is 2. The lowest BCUT2D eigenvalue weighted by molar-refractivity contribution is -0.187. The van der Waals surface area contributed by atoms with Gasteiger partial charge in [-0.3, -0.25) is 9.59 Å². The topological polar surface area (TPSA) is 57.6 Å². The van der Waals surface area contributed by atoms with Gasteiger partial charge in [0.15, 0.2) is 0 Å². The van der Waals surface area contributed by atoms with Gasteiger partial charge in [-0.15, -0.1) is 11.3 Å². The van der Waals surface area contributed by atoms with Crippen molar-refractivity contribution in [2.24, 2.45) is 11.8 Å². The van der Waals surface area contributed by atoms with E-state index in [1.54, 1.807) is 11.4 Å². The average Bonchev–Trinajstić information content (AvgIpc) is 2.96. The molecule has 1 aliphatic rings. The third kappa shape index (κ3) is 2.73. The summed E-state index contributed by atoms with van der Waals surface area (Å²) in [7, 11) is 0. The highest BCUT2D eigenvalue weighted by atomic mass is 32.1. The summed E-state index contributed by atoms with van der Waals surface area (Å²) >= 11 is 1.12. The molecule has 1 aromatic heterocycles. The molecule has 0 unspecified atom stereocenters. The van der Waals surface area contributed by atoms with Crippen molar-refractivity contribution in [3.05, 3.63) is 22.4 Å². The van der Waals surface area contributed by atoms with Crippen molar-refractivity contribution in [1.29, 1.82) is 0 Å². The van der Waals surface area contributed by atoms with E-state index in [0.29, 0.717) is 4.88 Å². The highest BCUT2D eigenvalue weighted by Gasteiger charge is 2.53. The molecule has 1 aliphatic heterocycles. The lowest BCUT2D eigenvalue weighted by atomic mass is 9.96. The van der Waals surface area contributed by atoms with Gasteiger partial charge in [-0.25, -0.2) is 0 Å². The van der Waals surface area contributed by atoms with E-state index in [2.05, 4.69) is 0 Å². The Hall–Kier alpha value is -1.57. The second-order valence-corrected chi connectivity index (χ2v) is 5.23. The SMILES string of the molecule is O=C(O)[C@@H]1CN(C(=O)c2cccs2)C[C@H]1C(F)(F)F. The van der Waals surface area contributed by atoms with Crippen LogP contribution in [0.4, 0.5) is 13.2 Å². The summed E-state index contributed by atoms with van der Waals surface area (Å²) in [5.41, 5.74) is 0. The highest BCUT2D eigenvalue weighted by molar-refractivity contribution is 7.12. The van der Waals surface area contributed by atoms with Gasteiger partial charge < -0.3 is 10.0 Å². The van der Waals surface area contributed by atoms with Crippen LogP contribution in [-0.2, 0) is 4.79 Å². The van der Waals surface area contributed by atoms with E-state index in [9.17, 15) is 22.8 Å². The van der Waals surface area contributed by atoms with Gasteiger partial charge in [-0.1, -0.05) is 6.07 Å². The van der Waals surface area contributed by atoms with Crippen molar-refractivity contribution in [3.63, 3.8) is 0 Å². The van der Waals surface area contributed by atoms with E-state index in [1.165, 1.54) is 6.07 Å². The summed E-state index contributed by atoms with van der Waals surface area (Å²) in [6, 6.07) is 3.12. The predicted octanol–water partition coefficient (Wildman–Crippen LogP) is 2.08. The van der Waals surface area contributed by atoms with Crippen LogP contribution >= 0.6 is 11.3 Å². The number of carbonyl (C=O) groups is 2. The molecule has 1 amide bonds. The van der Waals surface area contributed by atoms with Gasteiger partial charge >= 0.3 is 12.1 Å². The van der Waals surface area contributed by atoms with Gasteiger partial charge in [0.2, 0.25) is 0 Å². The fourth-order valence-corrected chi connectivity index (χ4v) is 2.80. The molecule has 0 aromatic carbocycles. The van der Waals surface area contributed by atoms with Crippen LogP contribution in [0.3, 0.4) is 0 Å². The zero-order valence-electron chi connectivity index (χ0n) is 9.55. The standard InChI is InChI=1S/C11H10F3NO3S/c12-11(13,14)7-5-15(4-6(7)10(17)18)9(16)8-2-1-3-19-8/h1-3,6-7H,4-5H2,(H,17,18)/t6-,7-/m1/s1. The van der Waals surface area contributed by atoms with Crippen LogP contribution in [0.5, 0.6) is 0 Å². The number of carbonyl (C=O) groups excluding carboxylic acids is 1. The number of halogens is 3. The molecule has 1 aromatic rings. The second-order valence-electron chi connectivity index (χ2n) is 4.28. The van der Waals surface area contributed by atoms with Crippen molar-refractivity contribution >= 4 is 23.2 Å². The molecule has 2 rings (SSSR count). The molecule has 2 atom stereocenters. The number of carboxylic acid groups (broad SMARTS) is 1. The summed E-state index contributed by atoms with van der Waals surface area (Å²) in [6.07, 6.45) is -4.62. The van der Waals surface area contributed by atoms with E-state index in [-0.39, 0.29) is 0 Å². The lowest BCUT2D eigenvalue weighted by Crippen LogP contribution is -2.34. The largest absolute Gasteiger partial charge is 0.481 e. The molecule has 0 aliphatic carbocycles. The molecular weight excluding hydrogens is 283 g/mol. The summed E-state index contributed by atoms with van der Waals surface area (Å²) in [6.45, 7) is -1.01. The third-order valence-electron chi connectivity index (χ3n) is 3.08.